The molecule has 0 spiro atoms. The molecular weight excluding hydrogens is 314 g/mol. The number of pyridine rings is 1. The van der Waals surface area contributed by atoms with Crippen molar-refractivity contribution in [1.82, 2.24) is 15.0 Å². The largest absolute Gasteiger partial charge is 0.609 e. The molecule has 0 aliphatic heterocycles. The predicted molar refractivity (Wildman–Crippen MR) is 88.3 cm³/mol. The van der Waals surface area contributed by atoms with Crippen LogP contribution in [0.1, 0.15) is 11.3 Å². The molecule has 0 fully saturated rings. The third-order valence-electron chi connectivity index (χ3n) is 3.63. The highest BCUT2D eigenvalue weighted by molar-refractivity contribution is 7.90. The van der Waals surface area contributed by atoms with E-state index in [0.717, 1.165) is 28.0 Å². The lowest BCUT2D eigenvalue weighted by Gasteiger charge is -2.10. The van der Waals surface area contributed by atoms with Crippen molar-refractivity contribution in [3.05, 3.63) is 41.7 Å². The number of rotatable bonds is 5. The van der Waals surface area contributed by atoms with Gasteiger partial charge in [0.25, 0.3) is 0 Å². The number of imidazole rings is 1. The number of hydrogen-bond acceptors (Lipinski definition) is 5. The Hall–Kier alpha value is -2.25. The van der Waals surface area contributed by atoms with Gasteiger partial charge in [-0.25, -0.2) is 0 Å². The van der Waals surface area contributed by atoms with E-state index in [1.165, 1.54) is 0 Å². The second kappa shape index (κ2) is 6.47. The second-order valence-electron chi connectivity index (χ2n) is 5.00. The highest BCUT2D eigenvalue weighted by Crippen LogP contribution is 2.24. The molecule has 2 aromatic heterocycles. The molecule has 3 aromatic rings. The topological polar surface area (TPSA) is 83.1 Å². The summed E-state index contributed by atoms with van der Waals surface area (Å²) >= 11 is -1.32. The Kier molecular flexibility index (Phi) is 4.40. The molecule has 2 heterocycles. The van der Waals surface area contributed by atoms with Crippen LogP contribution in [0.3, 0.4) is 0 Å². The summed E-state index contributed by atoms with van der Waals surface area (Å²) in [7, 11) is 3.21. The zero-order chi connectivity index (χ0) is 16.4. The first kappa shape index (κ1) is 15.6. The third kappa shape index (κ3) is 3.11. The van der Waals surface area contributed by atoms with Crippen LogP contribution < -0.4 is 9.47 Å². The van der Waals surface area contributed by atoms with Crippen molar-refractivity contribution in [2.24, 2.45) is 0 Å². The van der Waals surface area contributed by atoms with Crippen LogP contribution in [0.5, 0.6) is 11.5 Å². The van der Waals surface area contributed by atoms with Crippen LogP contribution in [-0.4, -0.2) is 33.7 Å². The molecule has 0 unspecified atom stereocenters. The maximum atomic E-state index is 12.6. The first-order valence-corrected chi connectivity index (χ1v) is 8.35. The minimum absolute atomic E-state index is 0.278. The number of methoxy groups -OCH3 is 2. The number of ether oxygens (including phenoxy) is 2. The van der Waals surface area contributed by atoms with E-state index in [1.807, 2.05) is 25.1 Å². The summed E-state index contributed by atoms with van der Waals surface area (Å²) in [5.41, 5.74) is 3.18. The number of nitrogens with one attached hydrogen (secondary N) is 1. The van der Waals surface area contributed by atoms with Crippen molar-refractivity contribution >= 4 is 22.2 Å². The molecule has 120 valence electrons. The molecule has 1 aromatic carbocycles. The van der Waals surface area contributed by atoms with Gasteiger partial charge in [0.2, 0.25) is 0 Å². The molecule has 23 heavy (non-hydrogen) atoms. The zero-order valence-corrected chi connectivity index (χ0v) is 13.9. The van der Waals surface area contributed by atoms with Gasteiger partial charge in [0, 0.05) is 29.0 Å². The number of benzene rings is 1. The number of fused-ring (bicyclic) bond motifs is 1. The quantitative estimate of drug-likeness (QED) is 0.727. The number of nitrogens with zero attached hydrogens (tertiary/aromatic N) is 2. The molecule has 0 amide bonds. The average molecular weight is 331 g/mol. The van der Waals surface area contributed by atoms with Crippen LogP contribution in [-0.2, 0) is 16.9 Å². The predicted octanol–water partition coefficient (Wildman–Crippen LogP) is 2.59. The van der Waals surface area contributed by atoms with E-state index < -0.39 is 11.2 Å². The fourth-order valence-electron chi connectivity index (χ4n) is 2.32. The lowest BCUT2D eigenvalue weighted by Crippen LogP contribution is -2.10. The highest BCUT2D eigenvalue weighted by atomic mass is 32.2. The van der Waals surface area contributed by atoms with Crippen LogP contribution in [0, 0.1) is 6.92 Å². The van der Waals surface area contributed by atoms with E-state index in [2.05, 4.69) is 15.0 Å². The summed E-state index contributed by atoms with van der Waals surface area (Å²) < 4.78 is 23.0. The molecule has 0 aliphatic carbocycles. The van der Waals surface area contributed by atoms with Gasteiger partial charge in [-0.3, -0.25) is 9.97 Å². The molecule has 0 aliphatic rings. The number of aromatic amines is 1. The fourth-order valence-corrected chi connectivity index (χ4v) is 3.42. The summed E-state index contributed by atoms with van der Waals surface area (Å²) in [6.45, 7) is 1.90. The molecule has 1 N–H and O–H groups in total. The Bertz CT molecular complexity index is 835. The van der Waals surface area contributed by atoms with E-state index in [0.29, 0.717) is 10.9 Å². The molecule has 0 radical (unpaired) electrons. The Balaban J connectivity index is 1.87. The first-order chi connectivity index (χ1) is 11.1. The van der Waals surface area contributed by atoms with Gasteiger partial charge in [-0.05, 0) is 25.1 Å². The summed E-state index contributed by atoms with van der Waals surface area (Å²) in [4.78, 5) is 11.8. The van der Waals surface area contributed by atoms with Crippen molar-refractivity contribution in [1.29, 1.82) is 0 Å². The smallest absolute Gasteiger partial charge is 0.322 e. The van der Waals surface area contributed by atoms with E-state index >= 15 is 0 Å². The minimum atomic E-state index is -1.32. The van der Waals surface area contributed by atoms with Crippen molar-refractivity contribution in [3.8, 4) is 11.5 Å². The van der Waals surface area contributed by atoms with E-state index in [-0.39, 0.29) is 5.75 Å². The second-order valence-corrected chi connectivity index (χ2v) is 6.37. The summed E-state index contributed by atoms with van der Waals surface area (Å²) in [6.07, 6.45) is 1.65. The molecule has 3 rings (SSSR count). The minimum Gasteiger partial charge on any atom is -0.609 e. The molecule has 1 atom stereocenters. The van der Waals surface area contributed by atoms with Crippen LogP contribution in [0.4, 0.5) is 0 Å². The maximum absolute atomic E-state index is 12.6. The molecule has 0 bridgehead atoms. The standard InChI is InChI=1S/C16H17N3O3S/c1-10-14(17-7-6-15(10)22-3)9-23(20)16-18-12-5-4-11(21-2)8-13(12)19-16/h4-8H,9H2,1-3H3,(H,18,19)/t23-/m1/s1. The number of hydrogen-bond donors (Lipinski definition) is 1. The van der Waals surface area contributed by atoms with Gasteiger partial charge in [0.15, 0.2) is 5.75 Å². The first-order valence-electron chi connectivity index (χ1n) is 7.03. The molecular formula is C16H17N3O3S. The summed E-state index contributed by atoms with van der Waals surface area (Å²) in [5, 5.41) is 0.428. The van der Waals surface area contributed by atoms with Crippen LogP contribution >= 0.6 is 0 Å². The van der Waals surface area contributed by atoms with Crippen molar-refractivity contribution in [2.45, 2.75) is 17.8 Å². The Morgan fingerprint density at radius 2 is 2.04 bits per heavy atom. The van der Waals surface area contributed by atoms with Gasteiger partial charge >= 0.3 is 5.16 Å². The van der Waals surface area contributed by atoms with Crippen molar-refractivity contribution < 1.29 is 14.0 Å². The van der Waals surface area contributed by atoms with Gasteiger partial charge in [-0.15, -0.1) is 0 Å². The number of aromatic nitrogens is 3. The van der Waals surface area contributed by atoms with Crippen LogP contribution in [0.25, 0.3) is 11.0 Å². The molecule has 0 saturated heterocycles. The lowest BCUT2D eigenvalue weighted by molar-refractivity contribution is 0.410. The Morgan fingerprint density at radius 1 is 1.22 bits per heavy atom. The maximum Gasteiger partial charge on any atom is 0.322 e. The van der Waals surface area contributed by atoms with Gasteiger partial charge in [-0.2, -0.15) is 4.98 Å². The Labute approximate surface area is 137 Å². The van der Waals surface area contributed by atoms with Crippen LogP contribution in [0.15, 0.2) is 35.6 Å². The average Bonchev–Trinajstić information content (AvgIpc) is 2.99. The Morgan fingerprint density at radius 3 is 2.78 bits per heavy atom. The monoisotopic (exact) mass is 331 g/mol. The normalized spacial score (nSPS) is 12.3. The van der Waals surface area contributed by atoms with Crippen LogP contribution in [0.2, 0.25) is 0 Å². The fraction of sp³-hybridized carbons (Fsp3) is 0.250. The van der Waals surface area contributed by atoms with Gasteiger partial charge < -0.3 is 14.0 Å². The summed E-state index contributed by atoms with van der Waals surface area (Å²) in [6, 6.07) is 7.29. The number of H-pyrrole nitrogens is 1. The highest BCUT2D eigenvalue weighted by Gasteiger charge is 2.20. The van der Waals surface area contributed by atoms with Gasteiger partial charge in [0.05, 0.1) is 30.9 Å². The van der Waals surface area contributed by atoms with E-state index in [9.17, 15) is 4.55 Å². The molecule has 0 saturated carbocycles. The SMILES string of the molecule is COc1ccc2[nH]c([S@+]([O-])Cc3nccc(OC)c3C)nc2c1. The molecule has 7 heteroatoms. The van der Waals surface area contributed by atoms with Crippen molar-refractivity contribution in [2.75, 3.05) is 14.2 Å². The lowest BCUT2D eigenvalue weighted by atomic mass is 10.2. The molecule has 6 nitrogen and oxygen atoms in total. The van der Waals surface area contributed by atoms with Crippen molar-refractivity contribution in [3.63, 3.8) is 0 Å². The van der Waals surface area contributed by atoms with Gasteiger partial charge in [0.1, 0.15) is 11.5 Å². The van der Waals surface area contributed by atoms with E-state index in [1.54, 1.807) is 26.5 Å². The zero-order valence-electron chi connectivity index (χ0n) is 13.1. The van der Waals surface area contributed by atoms with Gasteiger partial charge in [-0.1, -0.05) is 0 Å². The third-order valence-corrected chi connectivity index (χ3v) is 4.79. The summed E-state index contributed by atoms with van der Waals surface area (Å²) in [5.74, 6) is 1.73. The van der Waals surface area contributed by atoms with E-state index in [4.69, 9.17) is 9.47 Å².